The van der Waals surface area contributed by atoms with Crippen LogP contribution in [0, 0.1) is 0 Å². The first-order valence-electron chi connectivity index (χ1n) is 8.45. The number of nitrogens with zero attached hydrogens (tertiary/aromatic N) is 2. The average molecular weight is 412 g/mol. The van der Waals surface area contributed by atoms with Gasteiger partial charge in [-0.1, -0.05) is 23.7 Å². The predicted molar refractivity (Wildman–Crippen MR) is 106 cm³/mol. The van der Waals surface area contributed by atoms with Crippen LogP contribution >= 0.6 is 11.6 Å². The van der Waals surface area contributed by atoms with E-state index < -0.39 is 18.5 Å². The van der Waals surface area contributed by atoms with Crippen LogP contribution in [0.3, 0.4) is 0 Å². The Labute approximate surface area is 168 Å². The van der Waals surface area contributed by atoms with Gasteiger partial charge in [0.05, 0.1) is 16.1 Å². The monoisotopic (exact) mass is 411 g/mol. The summed E-state index contributed by atoms with van der Waals surface area (Å²) < 4.78 is 5.04. The molecular weight excluding hydrogens is 398 g/mol. The topological polar surface area (TPSA) is 133 Å². The molecule has 0 aliphatic heterocycles. The minimum absolute atomic E-state index is 0.129. The number of aliphatic carboxylic acids is 1. The van der Waals surface area contributed by atoms with E-state index in [9.17, 15) is 9.59 Å². The lowest BCUT2D eigenvalue weighted by Gasteiger charge is -2.07. The number of H-pyrrole nitrogens is 2. The fraction of sp³-hybridized carbons (Fsp3) is 0.0526. The van der Waals surface area contributed by atoms with Crippen molar-refractivity contribution in [3.8, 4) is 17.3 Å². The highest BCUT2D eigenvalue weighted by molar-refractivity contribution is 6.32. The number of aromatic nitrogens is 4. The fourth-order valence-electron chi connectivity index (χ4n) is 2.67. The first-order valence-corrected chi connectivity index (χ1v) is 8.83. The number of ether oxygens (including phenoxy) is 1. The minimum atomic E-state index is -1.12. The quantitative estimate of drug-likeness (QED) is 0.384. The number of amides is 1. The molecule has 0 spiro atoms. The van der Waals surface area contributed by atoms with Gasteiger partial charge in [0, 0.05) is 11.6 Å². The van der Waals surface area contributed by atoms with Crippen molar-refractivity contribution in [2.75, 3.05) is 11.9 Å². The Bertz CT molecular complexity index is 1180. The van der Waals surface area contributed by atoms with Crippen molar-refractivity contribution in [2.24, 2.45) is 0 Å². The number of aromatic amines is 2. The summed E-state index contributed by atoms with van der Waals surface area (Å²) in [5.41, 5.74) is 2.60. The second kappa shape index (κ2) is 7.64. The minimum Gasteiger partial charge on any atom is -0.480 e. The molecule has 2 aromatic carbocycles. The Kier molecular flexibility index (Phi) is 4.88. The van der Waals surface area contributed by atoms with E-state index in [-0.39, 0.29) is 16.3 Å². The molecule has 1 amide bonds. The number of anilines is 1. The number of carboxylic acids is 1. The second-order valence-corrected chi connectivity index (χ2v) is 6.46. The van der Waals surface area contributed by atoms with E-state index in [0.717, 1.165) is 11.0 Å². The third-order valence-electron chi connectivity index (χ3n) is 4.01. The molecule has 0 aliphatic rings. The van der Waals surface area contributed by atoms with Crippen molar-refractivity contribution in [1.29, 1.82) is 0 Å². The van der Waals surface area contributed by atoms with Crippen LogP contribution in [0.15, 0.2) is 48.5 Å². The van der Waals surface area contributed by atoms with Gasteiger partial charge in [-0.2, -0.15) is 5.10 Å². The van der Waals surface area contributed by atoms with Crippen molar-refractivity contribution in [3.05, 3.63) is 59.1 Å². The van der Waals surface area contributed by atoms with Crippen molar-refractivity contribution in [1.82, 2.24) is 20.2 Å². The molecule has 0 saturated carbocycles. The molecule has 4 rings (SSSR count). The number of carbonyl (C=O) groups is 2. The number of carboxylic acid groups (broad SMARTS) is 1. The fourth-order valence-corrected chi connectivity index (χ4v) is 2.91. The summed E-state index contributed by atoms with van der Waals surface area (Å²) in [6.07, 6.45) is 0. The normalized spacial score (nSPS) is 10.8. The van der Waals surface area contributed by atoms with E-state index in [4.69, 9.17) is 21.4 Å². The number of nitrogens with one attached hydrogen (secondary N) is 3. The lowest BCUT2D eigenvalue weighted by molar-refractivity contribution is -0.139. The molecule has 4 N–H and O–H groups in total. The van der Waals surface area contributed by atoms with Crippen molar-refractivity contribution in [3.63, 3.8) is 0 Å². The zero-order chi connectivity index (χ0) is 20.4. The van der Waals surface area contributed by atoms with E-state index in [1.807, 2.05) is 24.3 Å². The molecule has 0 aliphatic carbocycles. The van der Waals surface area contributed by atoms with Crippen molar-refractivity contribution in [2.45, 2.75) is 0 Å². The Morgan fingerprint density at radius 2 is 2.00 bits per heavy atom. The van der Waals surface area contributed by atoms with Crippen LogP contribution in [0.2, 0.25) is 5.02 Å². The first-order chi connectivity index (χ1) is 14.0. The number of rotatable bonds is 6. The van der Waals surface area contributed by atoms with Gasteiger partial charge in [-0.05, 0) is 30.3 Å². The van der Waals surface area contributed by atoms with E-state index in [1.54, 1.807) is 6.07 Å². The molecule has 0 saturated heterocycles. The molecule has 9 nitrogen and oxygen atoms in total. The van der Waals surface area contributed by atoms with Gasteiger partial charge in [0.25, 0.3) is 5.91 Å². The van der Waals surface area contributed by atoms with Gasteiger partial charge in [0.15, 0.2) is 18.2 Å². The lowest BCUT2D eigenvalue weighted by Crippen LogP contribution is -2.13. The molecule has 29 heavy (non-hydrogen) atoms. The molecule has 0 unspecified atom stereocenters. The van der Waals surface area contributed by atoms with Crippen LogP contribution in [-0.4, -0.2) is 43.8 Å². The van der Waals surface area contributed by atoms with Gasteiger partial charge in [0.2, 0.25) is 0 Å². The van der Waals surface area contributed by atoms with Crippen molar-refractivity contribution >= 4 is 40.3 Å². The number of fused-ring (bicyclic) bond motifs is 1. The van der Waals surface area contributed by atoms with Crippen LogP contribution < -0.4 is 10.1 Å². The van der Waals surface area contributed by atoms with Gasteiger partial charge in [-0.15, -0.1) is 0 Å². The highest BCUT2D eigenvalue weighted by Gasteiger charge is 2.14. The van der Waals surface area contributed by atoms with E-state index in [2.05, 4.69) is 25.5 Å². The molecule has 0 atom stereocenters. The third kappa shape index (κ3) is 4.04. The zero-order valence-corrected chi connectivity index (χ0v) is 15.5. The molecule has 0 fully saturated rings. The number of hydrogen-bond acceptors (Lipinski definition) is 5. The summed E-state index contributed by atoms with van der Waals surface area (Å²) in [7, 11) is 0. The van der Waals surface area contributed by atoms with Crippen LogP contribution in [0.5, 0.6) is 5.75 Å². The van der Waals surface area contributed by atoms with Gasteiger partial charge >= 0.3 is 5.97 Å². The number of benzene rings is 2. The predicted octanol–water partition coefficient (Wildman–Crippen LogP) is 3.32. The lowest BCUT2D eigenvalue weighted by atomic mass is 10.2. The number of imidazole rings is 1. The van der Waals surface area contributed by atoms with E-state index >= 15 is 0 Å². The Hall–Kier alpha value is -3.85. The Balaban J connectivity index is 1.47. The average Bonchev–Trinajstić information content (AvgIpc) is 3.33. The van der Waals surface area contributed by atoms with Gasteiger partial charge < -0.3 is 20.1 Å². The third-order valence-corrected chi connectivity index (χ3v) is 4.30. The molecule has 0 radical (unpaired) electrons. The summed E-state index contributed by atoms with van der Waals surface area (Å²) in [5.74, 6) is -0.464. The molecular formula is C19H14ClN5O4. The van der Waals surface area contributed by atoms with Crippen LogP contribution in [0.4, 0.5) is 5.82 Å². The molecule has 146 valence electrons. The number of hydrogen-bond donors (Lipinski definition) is 4. The number of halogens is 1. The smallest absolute Gasteiger partial charge is 0.341 e. The molecule has 10 heteroatoms. The van der Waals surface area contributed by atoms with Gasteiger partial charge in [-0.25, -0.2) is 9.78 Å². The summed E-state index contributed by atoms with van der Waals surface area (Å²) >= 11 is 6.05. The Morgan fingerprint density at radius 1 is 1.17 bits per heavy atom. The number of para-hydroxylation sites is 2. The SMILES string of the molecule is O=C(O)COc1ccc(C(=O)Nc2cc(-c3nc4ccccc4[nH]3)[nH]n2)cc1Cl. The molecule has 2 heterocycles. The van der Waals surface area contributed by atoms with Crippen LogP contribution in [0.25, 0.3) is 22.6 Å². The highest BCUT2D eigenvalue weighted by Crippen LogP contribution is 2.26. The Morgan fingerprint density at radius 3 is 2.76 bits per heavy atom. The molecule has 2 aromatic heterocycles. The maximum Gasteiger partial charge on any atom is 0.341 e. The van der Waals surface area contributed by atoms with Crippen LogP contribution in [0.1, 0.15) is 10.4 Å². The number of carbonyl (C=O) groups excluding carboxylic acids is 1. The summed E-state index contributed by atoms with van der Waals surface area (Å²) in [6.45, 7) is -0.525. The standard InChI is InChI=1S/C19H14ClN5O4/c20-11-7-10(5-6-15(11)29-9-17(26)27)19(28)23-16-8-14(24-25-16)18-21-12-3-1-2-4-13(12)22-18/h1-8H,9H2,(H,21,22)(H,26,27)(H2,23,24,25,28). The van der Waals surface area contributed by atoms with Crippen molar-refractivity contribution < 1.29 is 19.4 Å². The summed E-state index contributed by atoms with van der Waals surface area (Å²) in [5, 5.41) is 18.3. The highest BCUT2D eigenvalue weighted by atomic mass is 35.5. The molecule has 4 aromatic rings. The summed E-state index contributed by atoms with van der Waals surface area (Å²) in [6, 6.07) is 13.6. The zero-order valence-electron chi connectivity index (χ0n) is 14.8. The van der Waals surface area contributed by atoms with Gasteiger partial charge in [-0.3, -0.25) is 9.89 Å². The maximum absolute atomic E-state index is 12.4. The second-order valence-electron chi connectivity index (χ2n) is 6.05. The van der Waals surface area contributed by atoms with E-state index in [1.165, 1.54) is 18.2 Å². The van der Waals surface area contributed by atoms with Crippen LogP contribution in [-0.2, 0) is 4.79 Å². The van der Waals surface area contributed by atoms with Gasteiger partial charge in [0.1, 0.15) is 11.4 Å². The first kappa shape index (κ1) is 18.5. The molecule has 0 bridgehead atoms. The maximum atomic E-state index is 12.4. The van der Waals surface area contributed by atoms with E-state index in [0.29, 0.717) is 17.3 Å². The largest absolute Gasteiger partial charge is 0.480 e. The summed E-state index contributed by atoms with van der Waals surface area (Å²) in [4.78, 5) is 30.7.